The lowest BCUT2D eigenvalue weighted by molar-refractivity contribution is -0.117. The topological polar surface area (TPSA) is 87.3 Å². The first-order valence-corrected chi connectivity index (χ1v) is 9.84. The molecule has 144 valence electrons. The van der Waals surface area contributed by atoms with E-state index >= 15 is 0 Å². The van der Waals surface area contributed by atoms with Crippen molar-refractivity contribution in [3.8, 4) is 17.0 Å². The Kier molecular flexibility index (Phi) is 4.87. The van der Waals surface area contributed by atoms with Crippen LogP contribution < -0.4 is 15.0 Å². The van der Waals surface area contributed by atoms with Gasteiger partial charge in [0.2, 0.25) is 5.91 Å². The molecule has 1 aromatic carbocycles. The van der Waals surface area contributed by atoms with Crippen molar-refractivity contribution < 1.29 is 14.3 Å². The number of carbonyl (C=O) groups is 2. The minimum atomic E-state index is -0.259. The van der Waals surface area contributed by atoms with Crippen molar-refractivity contribution in [3.05, 3.63) is 46.5 Å². The molecule has 3 heterocycles. The number of aryl methyl sites for hydroxylation is 1. The Morgan fingerprint density at radius 1 is 1.36 bits per heavy atom. The molecule has 4 rings (SSSR count). The van der Waals surface area contributed by atoms with Gasteiger partial charge in [-0.15, -0.1) is 11.3 Å². The fraction of sp³-hybridized carbons (Fsp3) is 0.250. The zero-order chi connectivity index (χ0) is 19.7. The van der Waals surface area contributed by atoms with Crippen LogP contribution in [0.1, 0.15) is 28.3 Å². The second kappa shape index (κ2) is 7.47. The number of thiazole rings is 1. The van der Waals surface area contributed by atoms with Crippen molar-refractivity contribution >= 4 is 34.5 Å². The van der Waals surface area contributed by atoms with E-state index in [0.717, 1.165) is 28.4 Å². The minimum absolute atomic E-state index is 0.0891. The van der Waals surface area contributed by atoms with Gasteiger partial charge in [0.05, 0.1) is 23.5 Å². The third kappa shape index (κ3) is 3.50. The van der Waals surface area contributed by atoms with Gasteiger partial charge in [0.1, 0.15) is 11.4 Å². The Hall–Kier alpha value is -3.13. The van der Waals surface area contributed by atoms with Crippen LogP contribution in [0.2, 0.25) is 0 Å². The van der Waals surface area contributed by atoms with Crippen molar-refractivity contribution in [2.45, 2.75) is 19.8 Å². The van der Waals surface area contributed by atoms with E-state index in [2.05, 4.69) is 15.3 Å². The average Bonchev–Trinajstić information content (AvgIpc) is 3.42. The summed E-state index contributed by atoms with van der Waals surface area (Å²) in [6.07, 6.45) is 3.16. The second-order valence-electron chi connectivity index (χ2n) is 6.54. The molecule has 0 unspecified atom stereocenters. The maximum Gasteiger partial charge on any atom is 0.272 e. The van der Waals surface area contributed by atoms with Gasteiger partial charge in [-0.2, -0.15) is 0 Å². The van der Waals surface area contributed by atoms with Gasteiger partial charge in [0.25, 0.3) is 5.91 Å². The highest BCUT2D eigenvalue weighted by Gasteiger charge is 2.24. The Balaban J connectivity index is 1.52. The molecule has 0 aliphatic carbocycles. The smallest absolute Gasteiger partial charge is 0.272 e. The molecule has 1 fully saturated rings. The number of benzene rings is 1. The third-order valence-electron chi connectivity index (χ3n) is 4.64. The van der Waals surface area contributed by atoms with Crippen LogP contribution in [0.4, 0.5) is 11.4 Å². The molecule has 1 aliphatic rings. The predicted molar refractivity (Wildman–Crippen MR) is 109 cm³/mol. The van der Waals surface area contributed by atoms with E-state index < -0.39 is 0 Å². The summed E-state index contributed by atoms with van der Waals surface area (Å²) in [6, 6.07) is 7.08. The first-order chi connectivity index (χ1) is 13.5. The lowest BCUT2D eigenvalue weighted by atomic mass is 10.2. The summed E-state index contributed by atoms with van der Waals surface area (Å²) < 4.78 is 5.44. The van der Waals surface area contributed by atoms with Crippen LogP contribution in [-0.2, 0) is 4.79 Å². The number of nitrogens with one attached hydrogen (secondary N) is 2. The summed E-state index contributed by atoms with van der Waals surface area (Å²) in [5.41, 5.74) is 3.48. The number of aromatic amines is 1. The fourth-order valence-electron chi connectivity index (χ4n) is 3.25. The van der Waals surface area contributed by atoms with Crippen LogP contribution in [0, 0.1) is 6.92 Å². The van der Waals surface area contributed by atoms with E-state index in [1.54, 1.807) is 53.8 Å². The molecule has 0 saturated carbocycles. The van der Waals surface area contributed by atoms with E-state index in [9.17, 15) is 9.59 Å². The fourth-order valence-corrected chi connectivity index (χ4v) is 3.87. The largest absolute Gasteiger partial charge is 0.494 e. The van der Waals surface area contributed by atoms with Crippen LogP contribution in [0.15, 0.2) is 35.8 Å². The Morgan fingerprint density at radius 3 is 2.89 bits per heavy atom. The molecule has 0 atom stereocenters. The molecule has 2 amide bonds. The molecule has 1 aliphatic heterocycles. The molecule has 2 N–H and O–H groups in total. The SMILES string of the molecule is COc1cc(NC(=O)c2cc(-c3csc(C)n3)c[nH]2)ccc1N1CCCC1=O. The summed E-state index contributed by atoms with van der Waals surface area (Å²) in [6.45, 7) is 2.63. The highest BCUT2D eigenvalue weighted by molar-refractivity contribution is 7.09. The van der Waals surface area contributed by atoms with E-state index in [0.29, 0.717) is 30.1 Å². The number of carbonyl (C=O) groups excluding carboxylic acids is 2. The van der Waals surface area contributed by atoms with Gasteiger partial charge < -0.3 is 19.9 Å². The molecule has 0 spiro atoms. The standard InChI is InChI=1S/C20H20N4O3S/c1-12-22-16(11-28-12)13-8-15(21-10-13)20(26)23-14-5-6-17(18(9-14)27-2)24-7-3-4-19(24)25/h5-6,8-11,21H,3-4,7H2,1-2H3,(H,23,26). The number of aromatic nitrogens is 2. The molecule has 7 nitrogen and oxygen atoms in total. The number of amides is 2. The van der Waals surface area contributed by atoms with Gasteiger partial charge in [-0.25, -0.2) is 4.98 Å². The molecule has 1 saturated heterocycles. The Morgan fingerprint density at radius 2 is 2.21 bits per heavy atom. The van der Waals surface area contributed by atoms with E-state index in [4.69, 9.17) is 4.74 Å². The Bertz CT molecular complexity index is 1040. The summed E-state index contributed by atoms with van der Waals surface area (Å²) in [5.74, 6) is 0.384. The maximum absolute atomic E-state index is 12.6. The number of ether oxygens (including phenoxy) is 1. The molecule has 8 heteroatoms. The van der Waals surface area contributed by atoms with Gasteiger partial charge in [-0.3, -0.25) is 9.59 Å². The highest BCUT2D eigenvalue weighted by Crippen LogP contribution is 2.34. The van der Waals surface area contributed by atoms with Gasteiger partial charge in [-0.1, -0.05) is 0 Å². The van der Waals surface area contributed by atoms with Gasteiger partial charge >= 0.3 is 0 Å². The lowest BCUT2D eigenvalue weighted by Gasteiger charge is -2.19. The monoisotopic (exact) mass is 396 g/mol. The van der Waals surface area contributed by atoms with Gasteiger partial charge in [0, 0.05) is 41.9 Å². The molecular formula is C20H20N4O3S. The second-order valence-corrected chi connectivity index (χ2v) is 7.61. The quantitative estimate of drug-likeness (QED) is 0.686. The van der Waals surface area contributed by atoms with Gasteiger partial charge in [0.15, 0.2) is 0 Å². The number of hydrogen-bond donors (Lipinski definition) is 2. The summed E-state index contributed by atoms with van der Waals surface area (Å²) in [7, 11) is 1.55. The molecular weight excluding hydrogens is 376 g/mol. The van der Waals surface area contributed by atoms with E-state index in [1.807, 2.05) is 12.3 Å². The minimum Gasteiger partial charge on any atom is -0.494 e. The van der Waals surface area contributed by atoms with Crippen molar-refractivity contribution in [1.82, 2.24) is 9.97 Å². The van der Waals surface area contributed by atoms with E-state index in [1.165, 1.54) is 0 Å². The van der Waals surface area contributed by atoms with Gasteiger partial charge in [-0.05, 0) is 31.5 Å². The zero-order valence-electron chi connectivity index (χ0n) is 15.6. The number of hydrogen-bond acceptors (Lipinski definition) is 5. The number of anilines is 2. The zero-order valence-corrected chi connectivity index (χ0v) is 16.4. The predicted octanol–water partition coefficient (Wildman–Crippen LogP) is 3.83. The molecule has 0 bridgehead atoms. The Labute approximate surface area is 166 Å². The van der Waals surface area contributed by atoms with Crippen molar-refractivity contribution in [2.24, 2.45) is 0 Å². The van der Waals surface area contributed by atoms with E-state index in [-0.39, 0.29) is 11.8 Å². The first-order valence-electron chi connectivity index (χ1n) is 8.96. The van der Waals surface area contributed by atoms with Crippen LogP contribution >= 0.6 is 11.3 Å². The number of H-pyrrole nitrogens is 1. The van der Waals surface area contributed by atoms with Crippen LogP contribution in [0.25, 0.3) is 11.3 Å². The molecule has 2 aromatic heterocycles. The van der Waals surface area contributed by atoms with Crippen molar-refractivity contribution in [2.75, 3.05) is 23.9 Å². The number of nitrogens with zero attached hydrogens (tertiary/aromatic N) is 2. The molecule has 28 heavy (non-hydrogen) atoms. The lowest BCUT2D eigenvalue weighted by Crippen LogP contribution is -2.24. The molecule has 3 aromatic rings. The summed E-state index contributed by atoms with van der Waals surface area (Å²) in [5, 5.41) is 5.80. The highest BCUT2D eigenvalue weighted by atomic mass is 32.1. The number of rotatable bonds is 5. The maximum atomic E-state index is 12.6. The average molecular weight is 396 g/mol. The summed E-state index contributed by atoms with van der Waals surface area (Å²) >= 11 is 1.57. The van der Waals surface area contributed by atoms with Crippen LogP contribution in [0.3, 0.4) is 0 Å². The first kappa shape index (κ1) is 18.2. The number of methoxy groups -OCH3 is 1. The summed E-state index contributed by atoms with van der Waals surface area (Å²) in [4.78, 5) is 33.7. The van der Waals surface area contributed by atoms with Crippen LogP contribution in [0.5, 0.6) is 5.75 Å². The molecule has 0 radical (unpaired) electrons. The third-order valence-corrected chi connectivity index (χ3v) is 5.42. The van der Waals surface area contributed by atoms with Crippen molar-refractivity contribution in [3.63, 3.8) is 0 Å². The van der Waals surface area contributed by atoms with Crippen LogP contribution in [-0.4, -0.2) is 35.4 Å². The van der Waals surface area contributed by atoms with Crippen molar-refractivity contribution in [1.29, 1.82) is 0 Å². The normalized spacial score (nSPS) is 13.8.